The Labute approximate surface area is 528 Å². The van der Waals surface area contributed by atoms with Crippen LogP contribution >= 0.6 is 0 Å². The number of unbranched alkanes of at least 4 members (excludes halogenated alkanes) is 40. The second kappa shape index (κ2) is 54.1. The molecule has 2 heterocycles. The molecule has 0 aromatic heterocycles. The summed E-state index contributed by atoms with van der Waals surface area (Å²) in [5, 5.41) is 79.1. The van der Waals surface area contributed by atoms with Gasteiger partial charge in [0.05, 0.1) is 38.3 Å². The molecule has 0 aliphatic carbocycles. The monoisotopic (exact) mass is 1240 g/mol. The van der Waals surface area contributed by atoms with Crippen LogP contribution < -0.4 is 10.6 Å². The van der Waals surface area contributed by atoms with Gasteiger partial charge in [0.25, 0.3) is 0 Å². The molecule has 0 radical (unpaired) electrons. The van der Waals surface area contributed by atoms with Gasteiger partial charge in [-0.15, -0.1) is 0 Å². The Hall–Kier alpha value is -2.48. The van der Waals surface area contributed by atoms with Crippen molar-refractivity contribution in [2.45, 2.75) is 409 Å². The summed E-state index contributed by atoms with van der Waals surface area (Å²) in [5.41, 5.74) is 0. The maximum absolute atomic E-state index is 13.8. The average molecular weight is 1240 g/mol. The third-order valence-corrected chi connectivity index (χ3v) is 17.9. The van der Waals surface area contributed by atoms with Crippen LogP contribution in [0.3, 0.4) is 0 Å². The number of cyclic esters (lactones) is 1. The summed E-state index contributed by atoms with van der Waals surface area (Å²) in [6.45, 7) is 4.95. The van der Waals surface area contributed by atoms with Crippen molar-refractivity contribution in [3.8, 4) is 0 Å². The Morgan fingerprint density at radius 3 is 1.28 bits per heavy atom. The Morgan fingerprint density at radius 1 is 0.471 bits per heavy atom. The first-order chi connectivity index (χ1) is 42.2. The lowest BCUT2D eigenvalue weighted by Crippen LogP contribution is -2.66. The third-order valence-electron chi connectivity index (χ3n) is 17.9. The van der Waals surface area contributed by atoms with E-state index >= 15 is 0 Å². The standard InChI is InChI=1S/C70H132N2O15/c1-4-6-8-10-12-14-28-33-37-41-45-49-57(85-62(78)50-46-42-38-34-30-27-25-23-21-19-17-15-16-18-20-22-24-26-29-32-35-39-43-47-55(3)74)52-61(77)72-64-68(82)65(79)58(53-73)87-70(64)84-54-59-66(80)67(81)63(69(83)86-59)71-60(76)51-56(75)48-44-40-36-31-13-11-9-7-5-2/h55-59,63-68,70,73-75,79-82H,4-54H2,1-3H3,(H,71,76)(H,72,77)/t55?,56?,57?,58-,59-,63-,64-,65-,66-,67-,68-,70-/m1/s1. The number of ether oxygens (including phenoxy) is 4. The number of nitrogens with one attached hydrogen (secondary N) is 2. The Bertz CT molecular complexity index is 1660. The van der Waals surface area contributed by atoms with Gasteiger partial charge in [0, 0.05) is 6.42 Å². The SMILES string of the molecule is CCCCCCCCCCCCCC(CC(=O)N[C@H]1[C@H](OC[C@H]2OC(=O)[C@H](NC(=O)CC(O)CCCCCCCCCCC)[C@@H](O)[C@@H]2O)O[C@H](CO)[C@@H](O)[C@@H]1O)OC(=O)CCCCCCCCCCCCCCCCCCCCCCCCCC(C)O. The Balaban J connectivity index is 1.80. The molecule has 2 fully saturated rings. The molecule has 2 rings (SSSR count). The Morgan fingerprint density at radius 2 is 0.851 bits per heavy atom. The van der Waals surface area contributed by atoms with E-state index in [0.717, 1.165) is 83.5 Å². The number of hydrogen-bond acceptors (Lipinski definition) is 15. The summed E-state index contributed by atoms with van der Waals surface area (Å²) < 4.78 is 23.0. The van der Waals surface area contributed by atoms with Gasteiger partial charge in [-0.2, -0.15) is 0 Å². The van der Waals surface area contributed by atoms with E-state index in [0.29, 0.717) is 19.3 Å². The van der Waals surface area contributed by atoms with E-state index in [-0.39, 0.29) is 31.3 Å². The summed E-state index contributed by atoms with van der Waals surface area (Å²) in [5.74, 6) is -2.73. The van der Waals surface area contributed by atoms with Crippen LogP contribution in [0.15, 0.2) is 0 Å². The summed E-state index contributed by atoms with van der Waals surface area (Å²) >= 11 is 0. The van der Waals surface area contributed by atoms with E-state index in [2.05, 4.69) is 24.5 Å². The van der Waals surface area contributed by atoms with Gasteiger partial charge < -0.3 is 65.3 Å². The number of rotatable bonds is 59. The summed E-state index contributed by atoms with van der Waals surface area (Å²) in [4.78, 5) is 53.1. The summed E-state index contributed by atoms with van der Waals surface area (Å²) in [7, 11) is 0. The molecule has 0 spiro atoms. The maximum Gasteiger partial charge on any atom is 0.331 e. The van der Waals surface area contributed by atoms with E-state index in [1.165, 1.54) is 193 Å². The number of aliphatic hydroxyl groups is 7. The molecule has 2 amide bonds. The molecule has 17 heteroatoms. The van der Waals surface area contributed by atoms with E-state index in [4.69, 9.17) is 18.9 Å². The molecule has 0 aromatic rings. The van der Waals surface area contributed by atoms with Crippen molar-refractivity contribution in [2.24, 2.45) is 0 Å². The van der Waals surface area contributed by atoms with Crippen molar-refractivity contribution < 1.29 is 73.9 Å². The molecular formula is C70H132N2O15. The predicted molar refractivity (Wildman–Crippen MR) is 345 cm³/mol. The van der Waals surface area contributed by atoms with Gasteiger partial charge in [-0.3, -0.25) is 14.4 Å². The highest BCUT2D eigenvalue weighted by Gasteiger charge is 2.49. The molecule has 2 saturated heterocycles. The molecular weight excluding hydrogens is 1110 g/mol. The predicted octanol–water partition coefficient (Wildman–Crippen LogP) is 12.9. The molecule has 17 nitrogen and oxygen atoms in total. The van der Waals surface area contributed by atoms with Gasteiger partial charge in [0.15, 0.2) is 18.4 Å². The van der Waals surface area contributed by atoms with Gasteiger partial charge in [-0.1, -0.05) is 277 Å². The van der Waals surface area contributed by atoms with Crippen LogP contribution in [0.4, 0.5) is 0 Å². The lowest BCUT2D eigenvalue weighted by molar-refractivity contribution is -0.280. The van der Waals surface area contributed by atoms with Gasteiger partial charge in [-0.25, -0.2) is 4.79 Å². The Kier molecular flexibility index (Phi) is 50.1. The largest absolute Gasteiger partial charge is 0.462 e. The fraction of sp³-hybridized carbons (Fsp3) is 0.943. The molecule has 512 valence electrons. The van der Waals surface area contributed by atoms with Crippen LogP contribution in [0.1, 0.15) is 335 Å². The average Bonchev–Trinajstić information content (AvgIpc) is 2.03. The molecule has 12 atom stereocenters. The number of carbonyl (C=O) groups excluding carboxylic acids is 4. The van der Waals surface area contributed by atoms with Crippen LogP contribution in [0, 0.1) is 0 Å². The molecule has 0 bridgehead atoms. The van der Waals surface area contributed by atoms with Crippen molar-refractivity contribution >= 4 is 23.8 Å². The lowest BCUT2D eigenvalue weighted by Gasteiger charge is -2.43. The maximum atomic E-state index is 13.8. The fourth-order valence-electron chi connectivity index (χ4n) is 12.3. The quantitative estimate of drug-likeness (QED) is 0.0202. The molecule has 2 aliphatic rings. The van der Waals surface area contributed by atoms with Crippen molar-refractivity contribution in [2.75, 3.05) is 13.2 Å². The highest BCUT2D eigenvalue weighted by molar-refractivity contribution is 5.86. The zero-order chi connectivity index (χ0) is 63.5. The van der Waals surface area contributed by atoms with Gasteiger partial charge >= 0.3 is 11.9 Å². The van der Waals surface area contributed by atoms with E-state index in [1.54, 1.807) is 0 Å². The van der Waals surface area contributed by atoms with Crippen LogP contribution in [0.5, 0.6) is 0 Å². The molecule has 3 unspecified atom stereocenters. The van der Waals surface area contributed by atoms with Crippen LogP contribution in [-0.4, -0.2) is 146 Å². The van der Waals surface area contributed by atoms with E-state index < -0.39 is 98.2 Å². The topological polar surface area (TPSA) is 271 Å². The minimum absolute atomic E-state index is 0.154. The number of aliphatic hydroxyl groups excluding tert-OH is 7. The van der Waals surface area contributed by atoms with Crippen LogP contribution in [0.25, 0.3) is 0 Å². The first kappa shape index (κ1) is 80.6. The van der Waals surface area contributed by atoms with E-state index in [1.807, 2.05) is 6.92 Å². The van der Waals surface area contributed by atoms with Crippen molar-refractivity contribution in [1.82, 2.24) is 10.6 Å². The third kappa shape index (κ3) is 40.9. The van der Waals surface area contributed by atoms with E-state index in [9.17, 15) is 54.9 Å². The molecule has 2 aliphatic heterocycles. The minimum atomic E-state index is -1.82. The van der Waals surface area contributed by atoms with Crippen molar-refractivity contribution in [1.29, 1.82) is 0 Å². The molecule has 0 saturated carbocycles. The summed E-state index contributed by atoms with van der Waals surface area (Å²) in [6.07, 6.45) is 39.7. The zero-order valence-electron chi connectivity index (χ0n) is 55.4. The minimum Gasteiger partial charge on any atom is -0.462 e. The lowest BCUT2D eigenvalue weighted by atomic mass is 9.96. The van der Waals surface area contributed by atoms with Crippen LogP contribution in [-0.2, 0) is 38.1 Å². The highest BCUT2D eigenvalue weighted by Crippen LogP contribution is 2.26. The summed E-state index contributed by atoms with van der Waals surface area (Å²) in [6, 6.07) is -3.05. The number of esters is 2. The first-order valence-corrected chi connectivity index (χ1v) is 36.2. The normalized spacial score (nSPS) is 22.4. The number of amides is 2. The van der Waals surface area contributed by atoms with Crippen molar-refractivity contribution in [3.63, 3.8) is 0 Å². The second-order valence-electron chi connectivity index (χ2n) is 26.3. The fourth-order valence-corrected chi connectivity index (χ4v) is 12.3. The van der Waals surface area contributed by atoms with Gasteiger partial charge in [0.2, 0.25) is 11.8 Å². The van der Waals surface area contributed by atoms with Gasteiger partial charge in [-0.05, 0) is 39.0 Å². The number of carbonyl (C=O) groups is 4. The molecule has 9 N–H and O–H groups in total. The highest BCUT2D eigenvalue weighted by atomic mass is 16.7. The van der Waals surface area contributed by atoms with Gasteiger partial charge in [0.1, 0.15) is 42.7 Å². The number of hydrogen-bond donors (Lipinski definition) is 9. The first-order valence-electron chi connectivity index (χ1n) is 36.2. The zero-order valence-corrected chi connectivity index (χ0v) is 55.4. The second-order valence-corrected chi connectivity index (χ2v) is 26.3. The van der Waals surface area contributed by atoms with Crippen LogP contribution in [0.2, 0.25) is 0 Å². The van der Waals surface area contributed by atoms with Crippen molar-refractivity contribution in [3.05, 3.63) is 0 Å². The molecule has 0 aromatic carbocycles. The smallest absolute Gasteiger partial charge is 0.331 e. The molecule has 87 heavy (non-hydrogen) atoms.